The van der Waals surface area contributed by atoms with Gasteiger partial charge in [0.1, 0.15) is 11.0 Å². The zero-order valence-corrected chi connectivity index (χ0v) is 13.7. The third kappa shape index (κ3) is 3.93. The van der Waals surface area contributed by atoms with Crippen molar-refractivity contribution in [2.75, 3.05) is 11.9 Å². The molecule has 6 nitrogen and oxygen atoms in total. The van der Waals surface area contributed by atoms with Crippen LogP contribution < -0.4 is 10.2 Å². The fourth-order valence-corrected chi connectivity index (χ4v) is 2.31. The molecule has 136 valence electrons. The maximum absolute atomic E-state index is 12.8. The lowest BCUT2D eigenvalue weighted by atomic mass is 10.1. The molecule has 1 heterocycles. The highest BCUT2D eigenvalue weighted by molar-refractivity contribution is 5.91. The molecule has 0 fully saturated rings. The summed E-state index contributed by atoms with van der Waals surface area (Å²) >= 11 is 0. The number of alkyl halides is 3. The van der Waals surface area contributed by atoms with Crippen molar-refractivity contribution >= 4 is 22.6 Å². The maximum atomic E-state index is 12.8. The van der Waals surface area contributed by atoms with E-state index in [1.165, 1.54) is 6.07 Å². The smallest absolute Gasteiger partial charge is 0.385 e. The molecule has 0 saturated carbocycles. The molecule has 1 aromatic heterocycles. The van der Waals surface area contributed by atoms with Gasteiger partial charge in [-0.2, -0.15) is 13.2 Å². The van der Waals surface area contributed by atoms with Crippen molar-refractivity contribution in [2.45, 2.75) is 19.5 Å². The Balaban J connectivity index is 1.67. The van der Waals surface area contributed by atoms with Gasteiger partial charge in [-0.1, -0.05) is 23.9 Å². The van der Waals surface area contributed by atoms with Crippen LogP contribution in [-0.4, -0.2) is 27.7 Å². The molecule has 0 saturated heterocycles. The largest absolute Gasteiger partial charge is 0.416 e. The molecule has 0 aliphatic heterocycles. The molecule has 3 rings (SSSR count). The first kappa shape index (κ1) is 17.7. The van der Waals surface area contributed by atoms with Gasteiger partial charge in [0.25, 0.3) is 5.91 Å². The number of aryl methyl sites for hydroxylation is 1. The first-order valence-electron chi connectivity index (χ1n) is 7.81. The van der Waals surface area contributed by atoms with E-state index in [1.807, 2.05) is 19.1 Å². The second kappa shape index (κ2) is 7.03. The third-order valence-corrected chi connectivity index (χ3v) is 3.71. The highest BCUT2D eigenvalue weighted by Crippen LogP contribution is 2.30. The lowest BCUT2D eigenvalue weighted by Crippen LogP contribution is -2.26. The number of rotatable bonds is 5. The van der Waals surface area contributed by atoms with Crippen LogP contribution in [0.3, 0.4) is 0 Å². The Morgan fingerprint density at radius 2 is 1.92 bits per heavy atom. The minimum Gasteiger partial charge on any atom is -0.385 e. The quantitative estimate of drug-likeness (QED) is 0.755. The summed E-state index contributed by atoms with van der Waals surface area (Å²) in [6, 6.07) is 10.3. The van der Waals surface area contributed by atoms with E-state index in [0.29, 0.717) is 5.69 Å². The van der Waals surface area contributed by atoms with Crippen LogP contribution in [-0.2, 0) is 17.4 Å². The Labute approximate surface area is 146 Å². The fourth-order valence-electron chi connectivity index (χ4n) is 2.31. The molecule has 9 heteroatoms. The van der Waals surface area contributed by atoms with Gasteiger partial charge in [0.15, 0.2) is 6.61 Å². The number of aromatic nitrogens is 3. The van der Waals surface area contributed by atoms with E-state index in [4.69, 9.17) is 4.84 Å². The van der Waals surface area contributed by atoms with Crippen LogP contribution in [0.5, 0.6) is 0 Å². The summed E-state index contributed by atoms with van der Waals surface area (Å²) in [7, 11) is 0. The standard InChI is InChI=1S/C17H15F3N4O2/c1-2-11-3-6-13(7-4-11)21-16(25)10-26-24-15-9-12(17(18,19)20)5-8-14(15)22-23-24/h3-9H,2,10H2,1H3,(H,21,25). The summed E-state index contributed by atoms with van der Waals surface area (Å²) in [5, 5.41) is 9.96. The normalized spacial score (nSPS) is 11.5. The number of halogens is 3. The predicted molar refractivity (Wildman–Crippen MR) is 88.4 cm³/mol. The van der Waals surface area contributed by atoms with Crippen molar-refractivity contribution in [1.29, 1.82) is 0 Å². The SMILES string of the molecule is CCc1ccc(NC(=O)COn2nnc3ccc(C(F)(F)F)cc32)cc1. The second-order valence-electron chi connectivity index (χ2n) is 5.54. The molecule has 1 amide bonds. The minimum absolute atomic E-state index is 0.0277. The molecule has 0 atom stereocenters. The first-order valence-corrected chi connectivity index (χ1v) is 7.81. The number of carbonyl (C=O) groups is 1. The number of nitrogens with zero attached hydrogens (tertiary/aromatic N) is 3. The van der Waals surface area contributed by atoms with E-state index in [1.54, 1.807) is 12.1 Å². The van der Waals surface area contributed by atoms with Gasteiger partial charge >= 0.3 is 6.18 Å². The van der Waals surface area contributed by atoms with Gasteiger partial charge < -0.3 is 10.2 Å². The summed E-state index contributed by atoms with van der Waals surface area (Å²) in [5.74, 6) is -0.468. The summed E-state index contributed by atoms with van der Waals surface area (Å²) in [6.07, 6.45) is -3.61. The highest BCUT2D eigenvalue weighted by atomic mass is 19.4. The monoisotopic (exact) mass is 364 g/mol. The van der Waals surface area contributed by atoms with Crippen LogP contribution in [0.1, 0.15) is 18.1 Å². The molecule has 1 N–H and O–H groups in total. The number of fused-ring (bicyclic) bond motifs is 1. The van der Waals surface area contributed by atoms with Gasteiger partial charge in [-0.3, -0.25) is 4.79 Å². The molecule has 26 heavy (non-hydrogen) atoms. The van der Waals surface area contributed by atoms with Gasteiger partial charge in [-0.05, 0) is 47.5 Å². The Morgan fingerprint density at radius 3 is 2.58 bits per heavy atom. The Hall–Kier alpha value is -3.10. The van der Waals surface area contributed by atoms with Crippen LogP contribution in [0.2, 0.25) is 0 Å². The van der Waals surface area contributed by atoms with Gasteiger partial charge in [0.05, 0.1) is 5.56 Å². The number of nitrogens with one attached hydrogen (secondary N) is 1. The Morgan fingerprint density at radius 1 is 1.19 bits per heavy atom. The second-order valence-corrected chi connectivity index (χ2v) is 5.54. The lowest BCUT2D eigenvalue weighted by Gasteiger charge is -2.09. The van der Waals surface area contributed by atoms with E-state index in [2.05, 4.69) is 15.6 Å². The topological polar surface area (TPSA) is 69.0 Å². The molecule has 3 aromatic rings. The van der Waals surface area contributed by atoms with E-state index >= 15 is 0 Å². The van der Waals surface area contributed by atoms with Crippen LogP contribution in [0, 0.1) is 0 Å². The molecule has 2 aromatic carbocycles. The maximum Gasteiger partial charge on any atom is 0.416 e. The molecular weight excluding hydrogens is 349 g/mol. The fraction of sp³-hybridized carbons (Fsp3) is 0.235. The van der Waals surface area contributed by atoms with Crippen molar-refractivity contribution in [3.05, 3.63) is 53.6 Å². The van der Waals surface area contributed by atoms with E-state index in [0.717, 1.165) is 29.0 Å². The van der Waals surface area contributed by atoms with Gasteiger partial charge in [-0.15, -0.1) is 5.10 Å². The predicted octanol–water partition coefficient (Wildman–Crippen LogP) is 3.08. The van der Waals surface area contributed by atoms with Crippen molar-refractivity contribution in [3.8, 4) is 0 Å². The first-order chi connectivity index (χ1) is 12.4. The number of amides is 1. The highest BCUT2D eigenvalue weighted by Gasteiger charge is 2.31. The van der Waals surface area contributed by atoms with Crippen molar-refractivity contribution < 1.29 is 22.8 Å². The van der Waals surface area contributed by atoms with Crippen molar-refractivity contribution in [3.63, 3.8) is 0 Å². The number of hydrogen-bond donors (Lipinski definition) is 1. The van der Waals surface area contributed by atoms with Crippen LogP contribution >= 0.6 is 0 Å². The number of anilines is 1. The van der Waals surface area contributed by atoms with Gasteiger partial charge in [0, 0.05) is 5.69 Å². The van der Waals surface area contributed by atoms with E-state index in [9.17, 15) is 18.0 Å². The number of benzene rings is 2. The van der Waals surface area contributed by atoms with Crippen LogP contribution in [0.4, 0.5) is 18.9 Å². The molecule has 0 aliphatic rings. The van der Waals surface area contributed by atoms with Gasteiger partial charge in [0.2, 0.25) is 0 Å². The Kier molecular flexibility index (Phi) is 4.79. The molecule has 0 spiro atoms. The number of hydrogen-bond acceptors (Lipinski definition) is 4. The zero-order valence-electron chi connectivity index (χ0n) is 13.7. The minimum atomic E-state index is -4.49. The Bertz CT molecular complexity index is 920. The molecule has 0 bridgehead atoms. The number of carbonyl (C=O) groups excluding carboxylic acids is 1. The van der Waals surface area contributed by atoms with Crippen LogP contribution in [0.25, 0.3) is 11.0 Å². The summed E-state index contributed by atoms with van der Waals surface area (Å²) in [4.78, 5) is 17.9. The van der Waals surface area contributed by atoms with Crippen molar-refractivity contribution in [1.82, 2.24) is 15.2 Å². The average Bonchev–Trinajstić information content (AvgIpc) is 3.02. The molecular formula is C17H15F3N4O2. The molecule has 0 radical (unpaired) electrons. The summed E-state index contributed by atoms with van der Waals surface area (Å²) in [5.41, 5.74) is 1.14. The summed E-state index contributed by atoms with van der Waals surface area (Å²) < 4.78 is 38.4. The average molecular weight is 364 g/mol. The van der Waals surface area contributed by atoms with Crippen LogP contribution in [0.15, 0.2) is 42.5 Å². The summed E-state index contributed by atoms with van der Waals surface area (Å²) in [6.45, 7) is 1.60. The van der Waals surface area contributed by atoms with Gasteiger partial charge in [-0.25, -0.2) is 0 Å². The molecule has 0 unspecified atom stereocenters. The lowest BCUT2D eigenvalue weighted by molar-refractivity contribution is -0.137. The third-order valence-electron chi connectivity index (χ3n) is 3.71. The van der Waals surface area contributed by atoms with E-state index in [-0.39, 0.29) is 11.0 Å². The van der Waals surface area contributed by atoms with E-state index < -0.39 is 24.3 Å². The zero-order chi connectivity index (χ0) is 18.7. The van der Waals surface area contributed by atoms with Crippen molar-refractivity contribution in [2.24, 2.45) is 0 Å². The molecule has 0 aliphatic carbocycles.